The number of benzene rings is 2. The summed E-state index contributed by atoms with van der Waals surface area (Å²) in [6, 6.07) is 15.7. The summed E-state index contributed by atoms with van der Waals surface area (Å²) in [5.41, 5.74) is 3.94. The summed E-state index contributed by atoms with van der Waals surface area (Å²) in [7, 11) is 0. The average molecular weight is 395 g/mol. The Morgan fingerprint density at radius 3 is 2.40 bits per heavy atom. The molecule has 0 radical (unpaired) electrons. The zero-order chi connectivity index (χ0) is 14.1. The lowest BCUT2D eigenvalue weighted by Crippen LogP contribution is -2.34. The molecule has 0 heterocycles. The molecule has 1 saturated carbocycles. The molecule has 1 fully saturated rings. The van der Waals surface area contributed by atoms with E-state index in [4.69, 9.17) is 0 Å². The second-order valence-electron chi connectivity index (χ2n) is 5.50. The van der Waals surface area contributed by atoms with Crippen LogP contribution in [0.3, 0.4) is 0 Å². The molecule has 0 saturated heterocycles. The largest absolute Gasteiger partial charge is 0.381 e. The maximum absolute atomic E-state index is 3.66. The molecular weight excluding hydrogens is 378 g/mol. The number of nitrogens with one attached hydrogen (secondary N) is 1. The third kappa shape index (κ3) is 2.94. The van der Waals surface area contributed by atoms with Crippen molar-refractivity contribution in [2.24, 2.45) is 0 Å². The maximum Gasteiger partial charge on any atom is 0.0489 e. The molecule has 0 amide bonds. The van der Waals surface area contributed by atoms with Crippen molar-refractivity contribution in [3.05, 3.63) is 62.5 Å². The first-order chi connectivity index (χ1) is 9.63. The van der Waals surface area contributed by atoms with E-state index in [1.807, 2.05) is 0 Å². The van der Waals surface area contributed by atoms with Crippen molar-refractivity contribution < 1.29 is 0 Å². The lowest BCUT2D eigenvalue weighted by molar-refractivity contribution is 0.374. The molecule has 2 aromatic carbocycles. The van der Waals surface area contributed by atoms with E-state index in [9.17, 15) is 0 Å². The minimum Gasteiger partial charge on any atom is -0.381 e. The second kappa shape index (κ2) is 5.90. The summed E-state index contributed by atoms with van der Waals surface area (Å²) in [5, 5.41) is 3.64. The third-order valence-electron chi connectivity index (χ3n) is 4.03. The number of anilines is 1. The van der Waals surface area contributed by atoms with Gasteiger partial charge in [0.25, 0.3) is 0 Å². The topological polar surface area (TPSA) is 12.0 Å². The highest BCUT2D eigenvalue weighted by atomic mass is 79.9. The van der Waals surface area contributed by atoms with Gasteiger partial charge < -0.3 is 5.32 Å². The lowest BCUT2D eigenvalue weighted by Gasteiger charge is -2.37. The number of hydrogen-bond acceptors (Lipinski definition) is 1. The van der Waals surface area contributed by atoms with Gasteiger partial charge in [-0.1, -0.05) is 40.2 Å². The van der Waals surface area contributed by atoms with E-state index in [0.717, 1.165) is 4.47 Å². The molecule has 0 atom stereocenters. The van der Waals surface area contributed by atoms with E-state index < -0.39 is 0 Å². The molecule has 0 spiro atoms. The fourth-order valence-electron chi connectivity index (χ4n) is 2.72. The highest BCUT2D eigenvalue weighted by molar-refractivity contribution is 9.11. The minimum absolute atomic E-state index is 0.585. The Morgan fingerprint density at radius 2 is 1.70 bits per heavy atom. The Morgan fingerprint density at radius 1 is 1.00 bits per heavy atom. The Bertz CT molecular complexity index is 601. The van der Waals surface area contributed by atoms with Crippen LogP contribution in [0.15, 0.2) is 51.4 Å². The van der Waals surface area contributed by atoms with Crippen LogP contribution < -0.4 is 5.32 Å². The molecule has 0 aliphatic heterocycles. The van der Waals surface area contributed by atoms with Crippen LogP contribution in [-0.2, 0) is 0 Å². The summed E-state index contributed by atoms with van der Waals surface area (Å²) in [6.45, 7) is 2.13. The van der Waals surface area contributed by atoms with Crippen molar-refractivity contribution in [2.75, 3.05) is 5.32 Å². The van der Waals surface area contributed by atoms with Crippen LogP contribution in [0.25, 0.3) is 0 Å². The van der Waals surface area contributed by atoms with Crippen molar-refractivity contribution in [1.82, 2.24) is 0 Å². The van der Waals surface area contributed by atoms with Gasteiger partial charge in [-0.15, -0.1) is 0 Å². The van der Waals surface area contributed by atoms with Gasteiger partial charge in [0, 0.05) is 20.7 Å². The molecule has 3 rings (SSSR count). The Hall–Kier alpha value is -0.800. The molecule has 1 aliphatic carbocycles. The van der Waals surface area contributed by atoms with Gasteiger partial charge in [0.15, 0.2) is 0 Å². The van der Waals surface area contributed by atoms with Crippen molar-refractivity contribution in [1.29, 1.82) is 0 Å². The van der Waals surface area contributed by atoms with Crippen molar-refractivity contribution in [3.8, 4) is 0 Å². The van der Waals surface area contributed by atoms with Crippen LogP contribution >= 0.6 is 31.9 Å². The summed E-state index contributed by atoms with van der Waals surface area (Å²) >= 11 is 7.15. The van der Waals surface area contributed by atoms with E-state index in [-0.39, 0.29) is 0 Å². The molecule has 0 aromatic heterocycles. The molecule has 0 unspecified atom stereocenters. The summed E-state index contributed by atoms with van der Waals surface area (Å²) in [5.74, 6) is 0.698. The number of aryl methyl sites for hydroxylation is 1. The summed E-state index contributed by atoms with van der Waals surface area (Å²) in [6.07, 6.45) is 2.42. The quantitative estimate of drug-likeness (QED) is 0.685. The first kappa shape index (κ1) is 14.2. The van der Waals surface area contributed by atoms with Crippen LogP contribution in [0.4, 0.5) is 5.69 Å². The molecule has 1 aliphatic rings. The van der Waals surface area contributed by atoms with Gasteiger partial charge in [-0.3, -0.25) is 0 Å². The number of halogens is 2. The smallest absolute Gasteiger partial charge is 0.0489 e. The van der Waals surface area contributed by atoms with Crippen LogP contribution in [0.5, 0.6) is 0 Å². The fourth-order valence-corrected chi connectivity index (χ4v) is 3.36. The van der Waals surface area contributed by atoms with E-state index >= 15 is 0 Å². The predicted octanol–water partition coefficient (Wildman–Crippen LogP) is 5.88. The summed E-state index contributed by atoms with van der Waals surface area (Å²) < 4.78 is 2.34. The average Bonchev–Trinajstić information content (AvgIpc) is 2.39. The van der Waals surface area contributed by atoms with Crippen molar-refractivity contribution in [3.63, 3.8) is 0 Å². The van der Waals surface area contributed by atoms with Gasteiger partial charge in [0.1, 0.15) is 0 Å². The highest BCUT2D eigenvalue weighted by Gasteiger charge is 2.30. The maximum atomic E-state index is 3.66. The SMILES string of the molecule is Cc1cccc(NC2CC(c3ccc(Br)cc3)C2)c1Br. The van der Waals surface area contributed by atoms with Crippen LogP contribution in [0.2, 0.25) is 0 Å². The molecule has 20 heavy (non-hydrogen) atoms. The Labute approximate surface area is 137 Å². The van der Waals surface area contributed by atoms with Crippen LogP contribution in [-0.4, -0.2) is 6.04 Å². The van der Waals surface area contributed by atoms with E-state index in [0.29, 0.717) is 12.0 Å². The molecular formula is C17H17Br2N. The van der Waals surface area contributed by atoms with E-state index in [2.05, 4.69) is 86.6 Å². The minimum atomic E-state index is 0.585. The number of rotatable bonds is 3. The fraction of sp³-hybridized carbons (Fsp3) is 0.294. The van der Waals surface area contributed by atoms with Gasteiger partial charge in [0.05, 0.1) is 0 Å². The van der Waals surface area contributed by atoms with Crippen LogP contribution in [0.1, 0.15) is 29.9 Å². The van der Waals surface area contributed by atoms with Crippen LogP contribution in [0, 0.1) is 6.92 Å². The van der Waals surface area contributed by atoms with Gasteiger partial charge in [-0.25, -0.2) is 0 Å². The molecule has 104 valence electrons. The lowest BCUT2D eigenvalue weighted by atomic mass is 9.76. The molecule has 2 aromatic rings. The second-order valence-corrected chi connectivity index (χ2v) is 7.21. The first-order valence-electron chi connectivity index (χ1n) is 6.90. The number of hydrogen-bond donors (Lipinski definition) is 1. The van der Waals surface area contributed by atoms with Gasteiger partial charge in [0.2, 0.25) is 0 Å². The van der Waals surface area contributed by atoms with Gasteiger partial charge >= 0.3 is 0 Å². The summed E-state index contributed by atoms with van der Waals surface area (Å²) in [4.78, 5) is 0. The molecule has 3 heteroatoms. The molecule has 1 nitrogen and oxygen atoms in total. The predicted molar refractivity (Wildman–Crippen MR) is 92.4 cm³/mol. The van der Waals surface area contributed by atoms with Gasteiger partial charge in [-0.2, -0.15) is 0 Å². The zero-order valence-electron chi connectivity index (χ0n) is 11.4. The monoisotopic (exact) mass is 393 g/mol. The molecule has 0 bridgehead atoms. The Kier molecular flexibility index (Phi) is 4.18. The third-order valence-corrected chi connectivity index (χ3v) is 5.61. The van der Waals surface area contributed by atoms with E-state index in [1.54, 1.807) is 0 Å². The Balaban J connectivity index is 1.61. The van der Waals surface area contributed by atoms with Gasteiger partial charge in [-0.05, 0) is 70.9 Å². The standard InChI is InChI=1S/C17H17Br2N/c1-11-3-2-4-16(17(11)19)20-15-9-13(10-15)12-5-7-14(18)8-6-12/h2-8,13,15,20H,9-10H2,1H3. The highest BCUT2D eigenvalue weighted by Crippen LogP contribution is 2.40. The van der Waals surface area contributed by atoms with Crippen molar-refractivity contribution >= 4 is 37.5 Å². The molecule has 1 N–H and O–H groups in total. The zero-order valence-corrected chi connectivity index (χ0v) is 14.5. The normalized spacial score (nSPS) is 21.4. The van der Waals surface area contributed by atoms with E-state index in [1.165, 1.54) is 34.1 Å². The first-order valence-corrected chi connectivity index (χ1v) is 8.49. The van der Waals surface area contributed by atoms with Crippen molar-refractivity contribution in [2.45, 2.75) is 31.7 Å².